The Morgan fingerprint density at radius 2 is 1.83 bits per heavy atom. The molecular weight excluding hydrogens is 450 g/mol. The van der Waals surface area contributed by atoms with Crippen molar-refractivity contribution in [3.63, 3.8) is 0 Å². The lowest BCUT2D eigenvalue weighted by atomic mass is 9.77. The van der Waals surface area contributed by atoms with Crippen LogP contribution in [-0.2, 0) is 14.4 Å². The number of rotatable bonds is 10. The van der Waals surface area contributed by atoms with E-state index in [0.29, 0.717) is 19.4 Å². The number of nitrogens with two attached hydrogens (primary N) is 1. The Morgan fingerprint density at radius 1 is 1.14 bits per heavy atom. The zero-order chi connectivity index (χ0) is 25.2. The summed E-state index contributed by atoms with van der Waals surface area (Å²) >= 11 is 0. The van der Waals surface area contributed by atoms with E-state index < -0.39 is 41.3 Å². The number of carboxylic acids is 1. The molecule has 3 heterocycles. The number of hydrogen-bond acceptors (Lipinski definition) is 6. The third-order valence-electron chi connectivity index (χ3n) is 7.63. The van der Waals surface area contributed by atoms with Crippen molar-refractivity contribution in [2.24, 2.45) is 17.6 Å². The zero-order valence-corrected chi connectivity index (χ0v) is 20.2. The highest BCUT2D eigenvalue weighted by Crippen LogP contribution is 2.50. The van der Waals surface area contributed by atoms with Crippen molar-refractivity contribution in [1.82, 2.24) is 15.5 Å². The van der Waals surface area contributed by atoms with Crippen LogP contribution in [0.1, 0.15) is 57.1 Å². The number of anilines is 1. The third kappa shape index (κ3) is 4.59. The number of nitrogens with zero attached hydrogens (tertiary/aromatic N) is 2. The minimum atomic E-state index is -1.62. The van der Waals surface area contributed by atoms with Crippen molar-refractivity contribution in [2.75, 3.05) is 31.1 Å². The molecule has 0 saturated carbocycles. The number of hydrogen-bond donors (Lipinski definition) is 4. The standard InChI is InChI=1S/C25H35N5O5/c1-2-3-15-30-21(31)18-19(22(30)32)25(23(33)34,11-6-12-27-24(26)35)28-20(18)16-7-9-17(10-8-16)29-13-4-5-14-29/h7-10,18-20,28H,2-6,11-15H2,1H3,(H,33,34)(H3,26,27,35). The predicted molar refractivity (Wildman–Crippen MR) is 130 cm³/mol. The van der Waals surface area contributed by atoms with Crippen LogP contribution in [0.5, 0.6) is 0 Å². The highest BCUT2D eigenvalue weighted by Gasteiger charge is 2.67. The van der Waals surface area contributed by atoms with Gasteiger partial charge in [-0.1, -0.05) is 25.5 Å². The second-order valence-electron chi connectivity index (χ2n) is 9.76. The van der Waals surface area contributed by atoms with Gasteiger partial charge in [0.25, 0.3) is 0 Å². The number of unbranched alkanes of at least 4 members (excludes halogenated alkanes) is 1. The third-order valence-corrected chi connectivity index (χ3v) is 7.63. The summed E-state index contributed by atoms with van der Waals surface area (Å²) in [4.78, 5) is 54.3. The molecule has 3 aliphatic rings. The number of carbonyl (C=O) groups is 4. The summed E-state index contributed by atoms with van der Waals surface area (Å²) in [6, 6.07) is 6.58. The fourth-order valence-electron chi connectivity index (χ4n) is 5.87. The van der Waals surface area contributed by atoms with Crippen LogP contribution < -0.4 is 21.3 Å². The molecule has 10 heteroatoms. The Morgan fingerprint density at radius 3 is 2.43 bits per heavy atom. The van der Waals surface area contributed by atoms with Gasteiger partial charge < -0.3 is 21.1 Å². The number of benzene rings is 1. The lowest BCUT2D eigenvalue weighted by molar-refractivity contribution is -0.151. The molecule has 35 heavy (non-hydrogen) atoms. The van der Waals surface area contributed by atoms with Crippen LogP contribution in [0.2, 0.25) is 0 Å². The summed E-state index contributed by atoms with van der Waals surface area (Å²) in [5.74, 6) is -3.71. The summed E-state index contributed by atoms with van der Waals surface area (Å²) < 4.78 is 0. The number of urea groups is 1. The number of carboxylic acid groups (broad SMARTS) is 1. The summed E-state index contributed by atoms with van der Waals surface area (Å²) in [5.41, 5.74) is 5.41. The molecule has 0 aromatic heterocycles. The summed E-state index contributed by atoms with van der Waals surface area (Å²) in [7, 11) is 0. The van der Waals surface area contributed by atoms with Crippen molar-refractivity contribution < 1.29 is 24.3 Å². The van der Waals surface area contributed by atoms with Gasteiger partial charge in [-0.25, -0.2) is 4.79 Å². The molecule has 0 radical (unpaired) electrons. The van der Waals surface area contributed by atoms with Crippen LogP contribution >= 0.6 is 0 Å². The molecule has 3 aliphatic heterocycles. The molecule has 4 rings (SSSR count). The molecule has 0 spiro atoms. The van der Waals surface area contributed by atoms with E-state index in [0.717, 1.165) is 43.6 Å². The largest absolute Gasteiger partial charge is 0.480 e. The average molecular weight is 486 g/mol. The molecule has 1 aromatic carbocycles. The Labute approximate surface area is 205 Å². The lowest BCUT2D eigenvalue weighted by Gasteiger charge is -2.31. The van der Waals surface area contributed by atoms with Gasteiger partial charge in [-0.15, -0.1) is 0 Å². The smallest absolute Gasteiger partial charge is 0.324 e. The van der Waals surface area contributed by atoms with Crippen molar-refractivity contribution in [2.45, 2.75) is 57.0 Å². The van der Waals surface area contributed by atoms with Gasteiger partial charge in [0.05, 0.1) is 11.8 Å². The van der Waals surface area contributed by atoms with E-state index in [4.69, 9.17) is 5.73 Å². The van der Waals surface area contributed by atoms with E-state index in [9.17, 15) is 24.3 Å². The number of likely N-dealkylation sites (tertiary alicyclic amines) is 1. The van der Waals surface area contributed by atoms with E-state index in [2.05, 4.69) is 15.5 Å². The van der Waals surface area contributed by atoms with Gasteiger partial charge >= 0.3 is 12.0 Å². The van der Waals surface area contributed by atoms with Crippen LogP contribution in [0, 0.1) is 11.8 Å². The molecule has 4 atom stereocenters. The Balaban J connectivity index is 1.66. The first-order valence-corrected chi connectivity index (χ1v) is 12.5. The van der Waals surface area contributed by atoms with E-state index in [1.807, 2.05) is 31.2 Å². The number of nitrogens with one attached hydrogen (secondary N) is 2. The molecule has 4 unspecified atom stereocenters. The van der Waals surface area contributed by atoms with E-state index in [-0.39, 0.29) is 18.9 Å². The second-order valence-corrected chi connectivity index (χ2v) is 9.76. The molecule has 1 aromatic rings. The summed E-state index contributed by atoms with van der Waals surface area (Å²) in [5, 5.41) is 16.1. The first kappa shape index (κ1) is 25.0. The predicted octanol–water partition coefficient (Wildman–Crippen LogP) is 1.60. The molecule has 10 nitrogen and oxygen atoms in total. The van der Waals surface area contributed by atoms with Crippen LogP contribution in [-0.4, -0.2) is 65.5 Å². The first-order valence-electron chi connectivity index (χ1n) is 12.5. The number of amides is 4. The molecule has 3 saturated heterocycles. The lowest BCUT2D eigenvalue weighted by Crippen LogP contribution is -2.56. The van der Waals surface area contributed by atoms with Gasteiger partial charge in [-0.3, -0.25) is 24.6 Å². The van der Waals surface area contributed by atoms with Gasteiger partial charge in [0, 0.05) is 37.9 Å². The minimum Gasteiger partial charge on any atom is -0.480 e. The summed E-state index contributed by atoms with van der Waals surface area (Å²) in [6.45, 7) is 4.46. The van der Waals surface area contributed by atoms with Crippen molar-refractivity contribution >= 4 is 29.5 Å². The maximum atomic E-state index is 13.5. The molecule has 5 N–H and O–H groups in total. The van der Waals surface area contributed by atoms with Crippen LogP contribution in [0.15, 0.2) is 24.3 Å². The Kier molecular flexibility index (Phi) is 7.30. The fourth-order valence-corrected chi connectivity index (χ4v) is 5.87. The highest BCUT2D eigenvalue weighted by atomic mass is 16.4. The topological polar surface area (TPSA) is 145 Å². The van der Waals surface area contributed by atoms with Gasteiger partial charge in [-0.05, 0) is 49.8 Å². The Hall–Kier alpha value is -3.14. The van der Waals surface area contributed by atoms with Gasteiger partial charge in [0.1, 0.15) is 5.54 Å². The highest BCUT2D eigenvalue weighted by molar-refractivity contribution is 6.09. The van der Waals surface area contributed by atoms with E-state index in [1.165, 1.54) is 4.90 Å². The number of fused-ring (bicyclic) bond motifs is 1. The van der Waals surface area contributed by atoms with Crippen LogP contribution in [0.25, 0.3) is 0 Å². The first-order chi connectivity index (χ1) is 16.8. The molecule has 0 bridgehead atoms. The molecule has 190 valence electrons. The molecule has 3 fully saturated rings. The monoisotopic (exact) mass is 485 g/mol. The zero-order valence-electron chi connectivity index (χ0n) is 20.2. The van der Waals surface area contributed by atoms with Gasteiger partial charge in [0.2, 0.25) is 11.8 Å². The van der Waals surface area contributed by atoms with Crippen molar-refractivity contribution in [3.8, 4) is 0 Å². The number of aliphatic carboxylic acids is 1. The maximum Gasteiger partial charge on any atom is 0.324 e. The number of imide groups is 1. The van der Waals surface area contributed by atoms with Gasteiger partial charge in [-0.2, -0.15) is 0 Å². The second kappa shape index (κ2) is 10.2. The summed E-state index contributed by atoms with van der Waals surface area (Å²) in [6.07, 6.45) is 4.17. The quantitative estimate of drug-likeness (QED) is 0.291. The van der Waals surface area contributed by atoms with Crippen LogP contribution in [0.3, 0.4) is 0 Å². The van der Waals surface area contributed by atoms with Crippen molar-refractivity contribution in [3.05, 3.63) is 29.8 Å². The number of primary amides is 1. The van der Waals surface area contributed by atoms with E-state index >= 15 is 0 Å². The molecule has 4 amide bonds. The molecule has 0 aliphatic carbocycles. The van der Waals surface area contributed by atoms with Crippen LogP contribution in [0.4, 0.5) is 10.5 Å². The van der Waals surface area contributed by atoms with Crippen molar-refractivity contribution in [1.29, 1.82) is 0 Å². The average Bonchev–Trinajstić information content (AvgIpc) is 3.54. The SMILES string of the molecule is CCCCN1C(=O)C2C(c3ccc(N4CCCC4)cc3)NC(CCCNC(N)=O)(C(=O)O)C2C1=O. The van der Waals surface area contributed by atoms with E-state index in [1.54, 1.807) is 0 Å². The minimum absolute atomic E-state index is 0.0762. The Bertz CT molecular complexity index is 977. The fraction of sp³-hybridized carbons (Fsp3) is 0.600. The van der Waals surface area contributed by atoms with Gasteiger partial charge in [0.15, 0.2) is 0 Å². The normalized spacial score (nSPS) is 28.0. The molecular formula is C25H35N5O5. The number of carbonyl (C=O) groups excluding carboxylic acids is 3. The maximum absolute atomic E-state index is 13.5.